The van der Waals surface area contributed by atoms with Gasteiger partial charge in [-0.25, -0.2) is 0 Å². The molecule has 0 bridgehead atoms. The molecule has 0 fully saturated rings. The van der Waals surface area contributed by atoms with Gasteiger partial charge in [0.2, 0.25) is 0 Å². The summed E-state index contributed by atoms with van der Waals surface area (Å²) in [4.78, 5) is 6.07. The zero-order chi connectivity index (χ0) is 14.9. The Bertz CT molecular complexity index is 651. The van der Waals surface area contributed by atoms with Gasteiger partial charge in [-0.1, -0.05) is 97.2 Å². The van der Waals surface area contributed by atoms with E-state index in [1.807, 2.05) is 24.3 Å². The van der Waals surface area contributed by atoms with Crippen LogP contribution in [0.1, 0.15) is 11.1 Å². The van der Waals surface area contributed by atoms with E-state index in [2.05, 4.69) is 61.2 Å². The van der Waals surface area contributed by atoms with Gasteiger partial charge in [-0.3, -0.25) is 0 Å². The van der Waals surface area contributed by atoms with Gasteiger partial charge in [0.1, 0.15) is 13.1 Å². The van der Waals surface area contributed by atoms with Crippen LogP contribution in [-0.2, 0) is 9.39 Å². The average Bonchev–Trinajstić information content (AvgIpc) is 2.95. The van der Waals surface area contributed by atoms with Crippen molar-refractivity contribution in [1.82, 2.24) is 0 Å². The van der Waals surface area contributed by atoms with Crippen molar-refractivity contribution < 1.29 is 4.84 Å². The normalized spacial score (nSPS) is 21.8. The summed E-state index contributed by atoms with van der Waals surface area (Å²) in [6.45, 7) is 6.99. The first kappa shape index (κ1) is 14.4. The van der Waals surface area contributed by atoms with Gasteiger partial charge in [0.05, 0.1) is 0 Å². The molecule has 0 spiro atoms. The Kier molecular flexibility index (Phi) is 3.67. The summed E-state index contributed by atoms with van der Waals surface area (Å²) in [6, 6.07) is 20.7. The topological polar surface area (TPSA) is 21.6 Å². The first-order valence-electron chi connectivity index (χ1n) is 7.09. The van der Waals surface area contributed by atoms with Crippen molar-refractivity contribution in [2.24, 2.45) is 5.16 Å². The molecule has 1 heterocycles. The Hall–Kier alpha value is -1.52. The van der Waals surface area contributed by atoms with Crippen LogP contribution in [0.2, 0.25) is 19.6 Å². The second-order valence-electron chi connectivity index (χ2n) is 6.19. The second kappa shape index (κ2) is 5.35. The van der Waals surface area contributed by atoms with Gasteiger partial charge < -0.3 is 4.84 Å². The van der Waals surface area contributed by atoms with Crippen molar-refractivity contribution in [3.05, 3.63) is 71.8 Å². The van der Waals surface area contributed by atoms with E-state index in [0.29, 0.717) is 0 Å². The lowest BCUT2D eigenvalue weighted by Crippen LogP contribution is -2.47. The van der Waals surface area contributed by atoms with Crippen LogP contribution in [0.3, 0.4) is 0 Å². The van der Waals surface area contributed by atoms with Crippen LogP contribution in [0.15, 0.2) is 65.8 Å². The van der Waals surface area contributed by atoms with Crippen LogP contribution < -0.4 is 0 Å². The minimum atomic E-state index is -1.66. The molecule has 1 atom stereocenters. The monoisotopic (exact) mass is 313 g/mol. The fourth-order valence-electron chi connectivity index (χ4n) is 2.46. The zero-order valence-electron chi connectivity index (χ0n) is 12.5. The van der Waals surface area contributed by atoms with E-state index < -0.39 is 8.07 Å². The summed E-state index contributed by atoms with van der Waals surface area (Å²) in [6.07, 6.45) is 0. The van der Waals surface area contributed by atoms with E-state index in [4.69, 9.17) is 4.84 Å². The molecule has 2 aromatic rings. The summed E-state index contributed by atoms with van der Waals surface area (Å²) >= 11 is 1.76. The van der Waals surface area contributed by atoms with E-state index in [1.165, 1.54) is 5.56 Å². The van der Waals surface area contributed by atoms with Crippen molar-refractivity contribution in [3.63, 3.8) is 0 Å². The molecule has 0 saturated heterocycles. The maximum atomic E-state index is 6.07. The highest BCUT2D eigenvalue weighted by molar-refractivity contribution is 8.16. The van der Waals surface area contributed by atoms with E-state index in [0.717, 1.165) is 10.6 Å². The fraction of sp³-hybridized carbons (Fsp3) is 0.235. The molecule has 2 aromatic carbocycles. The number of hydrogen-bond acceptors (Lipinski definition) is 3. The first-order valence-corrected chi connectivity index (χ1v) is 11.4. The summed E-state index contributed by atoms with van der Waals surface area (Å²) in [7, 11) is -1.66. The van der Waals surface area contributed by atoms with Crippen molar-refractivity contribution in [1.29, 1.82) is 0 Å². The van der Waals surface area contributed by atoms with Crippen LogP contribution in [0.25, 0.3) is 0 Å². The number of nitrogens with zero attached hydrogens (tertiary/aromatic N) is 1. The Labute approximate surface area is 131 Å². The quantitative estimate of drug-likeness (QED) is 0.756. The SMILES string of the molecule is C[Si](C)(C)C1(c2ccccc2)ON=C(c2ccccc2)S1. The maximum Gasteiger partial charge on any atom is 0.196 e. The van der Waals surface area contributed by atoms with E-state index >= 15 is 0 Å². The van der Waals surface area contributed by atoms with Crippen LogP contribution >= 0.6 is 11.8 Å². The van der Waals surface area contributed by atoms with Crippen LogP contribution in [0.5, 0.6) is 0 Å². The predicted molar refractivity (Wildman–Crippen MR) is 93.1 cm³/mol. The molecule has 108 valence electrons. The van der Waals surface area contributed by atoms with Gasteiger partial charge in [-0.2, -0.15) is 0 Å². The zero-order valence-corrected chi connectivity index (χ0v) is 14.4. The molecule has 21 heavy (non-hydrogen) atoms. The fourth-order valence-corrected chi connectivity index (χ4v) is 6.26. The van der Waals surface area contributed by atoms with Crippen molar-refractivity contribution in [2.45, 2.75) is 24.2 Å². The summed E-state index contributed by atoms with van der Waals surface area (Å²) in [5.41, 5.74) is 2.34. The second-order valence-corrected chi connectivity index (χ2v) is 12.9. The third kappa shape index (κ3) is 2.54. The smallest absolute Gasteiger partial charge is 0.196 e. The van der Waals surface area contributed by atoms with Gasteiger partial charge in [-0.05, 0) is 0 Å². The molecule has 1 unspecified atom stereocenters. The van der Waals surface area contributed by atoms with Gasteiger partial charge in [-0.15, -0.1) is 0 Å². The van der Waals surface area contributed by atoms with Gasteiger partial charge in [0.25, 0.3) is 0 Å². The molecule has 1 aliphatic rings. The highest BCUT2D eigenvalue weighted by Crippen LogP contribution is 2.50. The molecule has 1 aliphatic heterocycles. The minimum absolute atomic E-state index is 0.348. The lowest BCUT2D eigenvalue weighted by molar-refractivity contribution is 0.0893. The number of rotatable bonds is 3. The third-order valence-corrected chi connectivity index (χ3v) is 9.26. The lowest BCUT2D eigenvalue weighted by Gasteiger charge is -2.36. The number of hydrogen-bond donors (Lipinski definition) is 0. The first-order chi connectivity index (χ1) is 10.0. The molecule has 2 nitrogen and oxygen atoms in total. The maximum absolute atomic E-state index is 6.07. The molecule has 0 aromatic heterocycles. The number of thioether (sulfide) groups is 1. The molecule has 0 N–H and O–H groups in total. The third-order valence-electron chi connectivity index (χ3n) is 3.66. The molecule has 0 amide bonds. The minimum Gasteiger partial charge on any atom is -0.376 e. The molecule has 0 radical (unpaired) electrons. The highest BCUT2D eigenvalue weighted by atomic mass is 32.2. The molecular weight excluding hydrogens is 294 g/mol. The lowest BCUT2D eigenvalue weighted by atomic mass is 10.2. The van der Waals surface area contributed by atoms with Crippen molar-refractivity contribution in [2.75, 3.05) is 0 Å². The van der Waals surface area contributed by atoms with Crippen molar-refractivity contribution in [3.8, 4) is 0 Å². The summed E-state index contributed by atoms with van der Waals surface area (Å²) < 4.78 is -0.348. The highest BCUT2D eigenvalue weighted by Gasteiger charge is 2.52. The molecule has 0 saturated carbocycles. The van der Waals surface area contributed by atoms with E-state index in [-0.39, 0.29) is 4.56 Å². The Morgan fingerprint density at radius 1 is 0.905 bits per heavy atom. The van der Waals surface area contributed by atoms with Crippen LogP contribution in [0.4, 0.5) is 0 Å². The standard InChI is InChI=1S/C17H19NOSSi/c1-21(2,3)17(15-12-8-5-9-13-15)19-18-16(20-17)14-10-6-4-7-11-14/h4-13H,1-3H3. The van der Waals surface area contributed by atoms with Crippen molar-refractivity contribution >= 4 is 24.9 Å². The molecular formula is C17H19NOSSi. The number of oxime groups is 1. The van der Waals surface area contributed by atoms with Crippen LogP contribution in [0, 0.1) is 0 Å². The molecule has 3 rings (SSSR count). The largest absolute Gasteiger partial charge is 0.376 e. The predicted octanol–water partition coefficient (Wildman–Crippen LogP) is 4.84. The van der Waals surface area contributed by atoms with E-state index in [9.17, 15) is 0 Å². The van der Waals surface area contributed by atoms with Gasteiger partial charge in [0, 0.05) is 11.1 Å². The summed E-state index contributed by atoms with van der Waals surface area (Å²) in [5, 5.41) is 5.39. The van der Waals surface area contributed by atoms with Crippen LogP contribution in [-0.4, -0.2) is 13.1 Å². The molecule has 4 heteroatoms. The summed E-state index contributed by atoms with van der Waals surface area (Å²) in [5.74, 6) is 0. The number of benzene rings is 2. The van der Waals surface area contributed by atoms with E-state index in [1.54, 1.807) is 11.8 Å². The van der Waals surface area contributed by atoms with Gasteiger partial charge >= 0.3 is 0 Å². The Morgan fingerprint density at radius 2 is 1.48 bits per heavy atom. The Balaban J connectivity index is 2.00. The average molecular weight is 313 g/mol. The van der Waals surface area contributed by atoms with Gasteiger partial charge in [0.15, 0.2) is 4.56 Å². The Morgan fingerprint density at radius 3 is 2.05 bits per heavy atom. The molecule has 0 aliphatic carbocycles.